The van der Waals surface area contributed by atoms with Crippen molar-refractivity contribution >= 4 is 23.0 Å². The Morgan fingerprint density at radius 2 is 2.26 bits per heavy atom. The van der Waals surface area contributed by atoms with Crippen LogP contribution in [0.1, 0.15) is 18.4 Å². The van der Waals surface area contributed by atoms with Gasteiger partial charge in [0.2, 0.25) is 5.91 Å². The van der Waals surface area contributed by atoms with Crippen LogP contribution >= 0.6 is 0 Å². The Morgan fingerprint density at radius 1 is 1.42 bits per heavy atom. The van der Waals surface area contributed by atoms with E-state index in [9.17, 15) is 4.79 Å². The van der Waals surface area contributed by atoms with Crippen molar-refractivity contribution in [2.24, 2.45) is 0 Å². The summed E-state index contributed by atoms with van der Waals surface area (Å²) >= 11 is 0. The van der Waals surface area contributed by atoms with Crippen LogP contribution in [-0.4, -0.2) is 32.2 Å². The summed E-state index contributed by atoms with van der Waals surface area (Å²) in [5, 5.41) is 2.92. The largest absolute Gasteiger partial charge is 0.397 e. The fourth-order valence-electron chi connectivity index (χ4n) is 2.77. The van der Waals surface area contributed by atoms with E-state index in [1.165, 1.54) is 0 Å². The Hall–Kier alpha value is -1.75. The molecule has 0 radical (unpaired) electrons. The summed E-state index contributed by atoms with van der Waals surface area (Å²) in [6.45, 7) is 1.54. The zero-order chi connectivity index (χ0) is 13.4. The molecule has 3 rings (SSSR count). The Kier molecular flexibility index (Phi) is 3.06. The minimum atomic E-state index is 0.0788. The SMILES string of the molecule is CN(c1cc2c(cc1N)CCC(=O)N2)C1CCOC1. The van der Waals surface area contributed by atoms with Crippen molar-refractivity contribution in [1.82, 2.24) is 0 Å². The first-order valence-corrected chi connectivity index (χ1v) is 6.68. The third kappa shape index (κ3) is 2.26. The maximum Gasteiger partial charge on any atom is 0.224 e. The van der Waals surface area contributed by atoms with Crippen molar-refractivity contribution in [3.8, 4) is 0 Å². The smallest absolute Gasteiger partial charge is 0.224 e. The topological polar surface area (TPSA) is 67.6 Å². The zero-order valence-corrected chi connectivity index (χ0v) is 11.1. The number of fused-ring (bicyclic) bond motifs is 1. The second kappa shape index (κ2) is 4.74. The number of hydrogen-bond acceptors (Lipinski definition) is 4. The molecule has 0 bridgehead atoms. The van der Waals surface area contributed by atoms with Gasteiger partial charge in [-0.3, -0.25) is 4.79 Å². The van der Waals surface area contributed by atoms with E-state index < -0.39 is 0 Å². The fourth-order valence-corrected chi connectivity index (χ4v) is 2.77. The molecule has 0 spiro atoms. The molecule has 5 heteroatoms. The zero-order valence-electron chi connectivity index (χ0n) is 11.1. The number of nitrogens with zero attached hydrogens (tertiary/aromatic N) is 1. The van der Waals surface area contributed by atoms with Gasteiger partial charge in [0.05, 0.1) is 24.0 Å². The first-order chi connectivity index (χ1) is 9.15. The van der Waals surface area contributed by atoms with Gasteiger partial charge in [-0.05, 0) is 30.5 Å². The molecule has 0 aromatic heterocycles. The lowest BCUT2D eigenvalue weighted by Crippen LogP contribution is -2.32. The Labute approximate surface area is 112 Å². The number of nitrogens with one attached hydrogen (secondary N) is 1. The summed E-state index contributed by atoms with van der Waals surface area (Å²) in [4.78, 5) is 13.6. The van der Waals surface area contributed by atoms with Gasteiger partial charge in [-0.25, -0.2) is 0 Å². The van der Waals surface area contributed by atoms with E-state index in [0.717, 1.165) is 48.7 Å². The van der Waals surface area contributed by atoms with Gasteiger partial charge in [-0.1, -0.05) is 0 Å². The number of anilines is 3. The average molecular weight is 261 g/mol. The predicted octanol–water partition coefficient (Wildman–Crippen LogP) is 1.38. The maximum atomic E-state index is 11.5. The molecule has 2 aliphatic rings. The van der Waals surface area contributed by atoms with E-state index in [4.69, 9.17) is 10.5 Å². The van der Waals surface area contributed by atoms with Gasteiger partial charge >= 0.3 is 0 Å². The Morgan fingerprint density at radius 3 is 3.00 bits per heavy atom. The van der Waals surface area contributed by atoms with E-state index in [0.29, 0.717) is 12.5 Å². The van der Waals surface area contributed by atoms with Gasteiger partial charge in [0.25, 0.3) is 0 Å². The number of amides is 1. The first-order valence-electron chi connectivity index (χ1n) is 6.68. The van der Waals surface area contributed by atoms with Crippen LogP contribution in [0, 0.1) is 0 Å². The number of carbonyl (C=O) groups is 1. The molecular weight excluding hydrogens is 242 g/mol. The van der Waals surface area contributed by atoms with Gasteiger partial charge in [0.15, 0.2) is 0 Å². The molecule has 2 aliphatic heterocycles. The quantitative estimate of drug-likeness (QED) is 0.789. The number of nitrogen functional groups attached to an aromatic ring is 1. The predicted molar refractivity (Wildman–Crippen MR) is 75.4 cm³/mol. The summed E-state index contributed by atoms with van der Waals surface area (Å²) < 4.78 is 5.42. The highest BCUT2D eigenvalue weighted by molar-refractivity contribution is 5.95. The van der Waals surface area contributed by atoms with Crippen molar-refractivity contribution in [2.75, 3.05) is 36.2 Å². The van der Waals surface area contributed by atoms with Crippen LogP contribution in [0.2, 0.25) is 0 Å². The summed E-state index contributed by atoms with van der Waals surface area (Å²) in [7, 11) is 2.03. The van der Waals surface area contributed by atoms with Crippen molar-refractivity contribution in [3.63, 3.8) is 0 Å². The monoisotopic (exact) mass is 261 g/mol. The van der Waals surface area contributed by atoms with Crippen LogP contribution in [0.5, 0.6) is 0 Å². The lowest BCUT2D eigenvalue weighted by atomic mass is 10.0. The molecule has 1 aromatic carbocycles. The second-order valence-corrected chi connectivity index (χ2v) is 5.24. The van der Waals surface area contributed by atoms with Gasteiger partial charge in [-0.15, -0.1) is 0 Å². The normalized spacial score (nSPS) is 21.9. The van der Waals surface area contributed by atoms with Gasteiger partial charge in [0, 0.05) is 25.8 Å². The average Bonchev–Trinajstić information content (AvgIpc) is 2.91. The molecule has 19 heavy (non-hydrogen) atoms. The number of hydrogen-bond donors (Lipinski definition) is 2. The molecule has 2 heterocycles. The number of nitrogens with two attached hydrogens (primary N) is 1. The van der Waals surface area contributed by atoms with Crippen molar-refractivity contribution in [3.05, 3.63) is 17.7 Å². The lowest BCUT2D eigenvalue weighted by Gasteiger charge is -2.29. The van der Waals surface area contributed by atoms with E-state index in [1.807, 2.05) is 19.2 Å². The first kappa shape index (κ1) is 12.3. The third-order valence-corrected chi connectivity index (χ3v) is 3.98. The number of rotatable bonds is 2. The maximum absolute atomic E-state index is 11.5. The second-order valence-electron chi connectivity index (χ2n) is 5.24. The number of carbonyl (C=O) groups excluding carboxylic acids is 1. The molecule has 1 saturated heterocycles. The molecular formula is C14H19N3O2. The molecule has 102 valence electrons. The highest BCUT2D eigenvalue weighted by atomic mass is 16.5. The summed E-state index contributed by atoms with van der Waals surface area (Å²) in [6, 6.07) is 4.33. The van der Waals surface area contributed by atoms with E-state index in [-0.39, 0.29) is 5.91 Å². The molecule has 3 N–H and O–H groups in total. The number of ether oxygens (including phenoxy) is 1. The Bertz CT molecular complexity index is 510. The lowest BCUT2D eigenvalue weighted by molar-refractivity contribution is -0.116. The standard InChI is InChI=1S/C14H19N3O2/c1-17(10-4-5-19-8-10)13-7-12-9(6-11(13)15)2-3-14(18)16-12/h6-7,10H,2-5,8,15H2,1H3,(H,16,18). The number of benzene rings is 1. The molecule has 1 atom stereocenters. The molecule has 1 fully saturated rings. The van der Waals surface area contributed by atoms with Gasteiger partial charge in [-0.2, -0.15) is 0 Å². The minimum Gasteiger partial charge on any atom is -0.397 e. The number of likely N-dealkylation sites (N-methyl/N-ethyl adjacent to an activating group) is 1. The van der Waals surface area contributed by atoms with Crippen LogP contribution in [0.4, 0.5) is 17.1 Å². The summed E-state index contributed by atoms with van der Waals surface area (Å²) in [5.74, 6) is 0.0788. The van der Waals surface area contributed by atoms with Crippen molar-refractivity contribution in [2.45, 2.75) is 25.3 Å². The molecule has 0 saturated carbocycles. The van der Waals surface area contributed by atoms with E-state index in [2.05, 4.69) is 10.2 Å². The van der Waals surface area contributed by atoms with E-state index >= 15 is 0 Å². The summed E-state index contributed by atoms with van der Waals surface area (Å²) in [5.41, 5.74) is 9.91. The van der Waals surface area contributed by atoms with Crippen LogP contribution < -0.4 is 16.0 Å². The highest BCUT2D eigenvalue weighted by Gasteiger charge is 2.24. The minimum absolute atomic E-state index is 0.0788. The van der Waals surface area contributed by atoms with Gasteiger partial charge < -0.3 is 20.7 Å². The highest BCUT2D eigenvalue weighted by Crippen LogP contribution is 2.34. The van der Waals surface area contributed by atoms with E-state index in [1.54, 1.807) is 0 Å². The molecule has 5 nitrogen and oxygen atoms in total. The van der Waals surface area contributed by atoms with Crippen LogP contribution in [-0.2, 0) is 16.0 Å². The molecule has 1 unspecified atom stereocenters. The van der Waals surface area contributed by atoms with Crippen molar-refractivity contribution < 1.29 is 9.53 Å². The van der Waals surface area contributed by atoms with Crippen LogP contribution in [0.15, 0.2) is 12.1 Å². The Balaban J connectivity index is 1.92. The van der Waals surface area contributed by atoms with Gasteiger partial charge in [0.1, 0.15) is 0 Å². The van der Waals surface area contributed by atoms with Crippen molar-refractivity contribution in [1.29, 1.82) is 0 Å². The van der Waals surface area contributed by atoms with Crippen LogP contribution in [0.25, 0.3) is 0 Å². The summed E-state index contributed by atoms with van der Waals surface area (Å²) in [6.07, 6.45) is 2.32. The fraction of sp³-hybridized carbons (Fsp3) is 0.500. The third-order valence-electron chi connectivity index (χ3n) is 3.98. The molecule has 1 aromatic rings. The van der Waals surface area contributed by atoms with Crippen LogP contribution in [0.3, 0.4) is 0 Å². The molecule has 1 amide bonds. The number of aryl methyl sites for hydroxylation is 1. The molecule has 0 aliphatic carbocycles.